The summed E-state index contributed by atoms with van der Waals surface area (Å²) in [6.45, 7) is 10.0. The summed E-state index contributed by atoms with van der Waals surface area (Å²) >= 11 is 1.60. The van der Waals surface area contributed by atoms with Crippen LogP contribution < -0.4 is 9.64 Å². The molecular weight excluding hydrogens is 446 g/mol. The zero-order valence-corrected chi connectivity index (χ0v) is 21.1. The lowest BCUT2D eigenvalue weighted by molar-refractivity contribution is -0.137. The first-order valence-corrected chi connectivity index (χ1v) is 12.8. The molecule has 2 aliphatic rings. The highest BCUT2D eigenvalue weighted by molar-refractivity contribution is 7.20. The number of nitrogens with zero attached hydrogens (tertiary/aromatic N) is 3. The van der Waals surface area contributed by atoms with Crippen LogP contribution in [-0.4, -0.2) is 47.4 Å². The van der Waals surface area contributed by atoms with E-state index in [0.717, 1.165) is 35.2 Å². The second-order valence-corrected chi connectivity index (χ2v) is 10.6. The molecule has 34 heavy (non-hydrogen) atoms. The maximum absolute atomic E-state index is 13.2. The van der Waals surface area contributed by atoms with Gasteiger partial charge in [0.25, 0.3) is 5.19 Å². The van der Waals surface area contributed by atoms with Gasteiger partial charge in [-0.15, -0.1) is 0 Å². The lowest BCUT2D eigenvalue weighted by atomic mass is 10.0. The molecular formula is C27H31N3O3S. The van der Waals surface area contributed by atoms with Gasteiger partial charge < -0.3 is 14.5 Å². The Morgan fingerprint density at radius 3 is 2.41 bits per heavy atom. The summed E-state index contributed by atoms with van der Waals surface area (Å²) in [5, 5.41) is 0.711. The predicted octanol–water partition coefficient (Wildman–Crippen LogP) is 4.95. The molecule has 2 saturated heterocycles. The summed E-state index contributed by atoms with van der Waals surface area (Å²) in [5.74, 6) is -0.160. The SMILES string of the molecule is Cc1ccc(N2CC(C(=O)N3CCC(Oc4nc5c(C)ccc(C)c5s4)CC3)CC2=O)cc1C. The summed E-state index contributed by atoms with van der Waals surface area (Å²) in [6.07, 6.45) is 1.90. The van der Waals surface area contributed by atoms with Crippen LogP contribution in [0, 0.1) is 33.6 Å². The number of piperidine rings is 1. The fourth-order valence-electron chi connectivity index (χ4n) is 4.90. The van der Waals surface area contributed by atoms with Crippen molar-refractivity contribution in [1.82, 2.24) is 9.88 Å². The highest BCUT2D eigenvalue weighted by atomic mass is 32.1. The van der Waals surface area contributed by atoms with Gasteiger partial charge in [-0.1, -0.05) is 29.5 Å². The molecule has 1 aromatic heterocycles. The van der Waals surface area contributed by atoms with E-state index in [1.165, 1.54) is 15.8 Å². The van der Waals surface area contributed by atoms with Crippen LogP contribution in [0.4, 0.5) is 5.69 Å². The molecule has 1 unspecified atom stereocenters. The number of aryl methyl sites for hydroxylation is 4. The van der Waals surface area contributed by atoms with E-state index >= 15 is 0 Å². The number of aromatic nitrogens is 1. The molecule has 0 N–H and O–H groups in total. The first-order chi connectivity index (χ1) is 16.3. The summed E-state index contributed by atoms with van der Waals surface area (Å²) < 4.78 is 7.41. The number of likely N-dealkylation sites (tertiary alicyclic amines) is 1. The zero-order valence-electron chi connectivity index (χ0n) is 20.3. The van der Waals surface area contributed by atoms with Crippen LogP contribution >= 0.6 is 11.3 Å². The molecule has 0 radical (unpaired) electrons. The van der Waals surface area contributed by atoms with Gasteiger partial charge in [0, 0.05) is 44.6 Å². The highest BCUT2D eigenvalue weighted by Gasteiger charge is 2.38. The average Bonchev–Trinajstić information content (AvgIpc) is 3.43. The number of anilines is 1. The highest BCUT2D eigenvalue weighted by Crippen LogP contribution is 2.34. The molecule has 2 amide bonds. The van der Waals surface area contributed by atoms with Crippen molar-refractivity contribution in [3.63, 3.8) is 0 Å². The number of amides is 2. The summed E-state index contributed by atoms with van der Waals surface area (Å²) in [7, 11) is 0. The van der Waals surface area contributed by atoms with E-state index in [1.807, 2.05) is 30.0 Å². The van der Waals surface area contributed by atoms with Crippen molar-refractivity contribution in [1.29, 1.82) is 0 Å². The van der Waals surface area contributed by atoms with Gasteiger partial charge in [-0.25, -0.2) is 4.98 Å². The van der Waals surface area contributed by atoms with Crippen LogP contribution in [0.1, 0.15) is 41.5 Å². The van der Waals surface area contributed by atoms with Gasteiger partial charge in [-0.3, -0.25) is 9.59 Å². The first kappa shape index (κ1) is 22.8. The van der Waals surface area contributed by atoms with Gasteiger partial charge in [-0.2, -0.15) is 0 Å². The third kappa shape index (κ3) is 4.29. The zero-order chi connectivity index (χ0) is 24.0. The van der Waals surface area contributed by atoms with E-state index in [-0.39, 0.29) is 30.3 Å². The van der Waals surface area contributed by atoms with Gasteiger partial charge >= 0.3 is 0 Å². The number of thiazole rings is 1. The van der Waals surface area contributed by atoms with E-state index in [0.29, 0.717) is 24.8 Å². The Labute approximate surface area is 204 Å². The van der Waals surface area contributed by atoms with E-state index < -0.39 is 0 Å². The lowest BCUT2D eigenvalue weighted by Gasteiger charge is -2.33. The Bertz CT molecular complexity index is 1220. The number of carbonyl (C=O) groups excluding carboxylic acids is 2. The van der Waals surface area contributed by atoms with Gasteiger partial charge in [0.2, 0.25) is 11.8 Å². The van der Waals surface area contributed by atoms with Crippen molar-refractivity contribution in [2.75, 3.05) is 24.5 Å². The molecule has 0 saturated carbocycles. The molecule has 2 aromatic carbocycles. The van der Waals surface area contributed by atoms with Crippen LogP contribution in [0.15, 0.2) is 30.3 Å². The van der Waals surface area contributed by atoms with Gasteiger partial charge in [0.15, 0.2) is 0 Å². The maximum Gasteiger partial charge on any atom is 0.274 e. The molecule has 2 fully saturated rings. The van der Waals surface area contributed by atoms with Gasteiger partial charge in [0.05, 0.1) is 16.1 Å². The van der Waals surface area contributed by atoms with E-state index in [2.05, 4.69) is 32.9 Å². The van der Waals surface area contributed by atoms with Crippen LogP contribution in [0.5, 0.6) is 5.19 Å². The Morgan fingerprint density at radius 2 is 1.71 bits per heavy atom. The van der Waals surface area contributed by atoms with E-state index in [9.17, 15) is 9.59 Å². The average molecular weight is 478 g/mol. The molecule has 7 heteroatoms. The van der Waals surface area contributed by atoms with Crippen molar-refractivity contribution in [3.05, 3.63) is 52.6 Å². The Morgan fingerprint density at radius 1 is 1.00 bits per heavy atom. The molecule has 3 heterocycles. The first-order valence-electron chi connectivity index (χ1n) is 12.0. The monoisotopic (exact) mass is 477 g/mol. The molecule has 0 spiro atoms. The van der Waals surface area contributed by atoms with Crippen LogP contribution in [0.3, 0.4) is 0 Å². The van der Waals surface area contributed by atoms with E-state index in [4.69, 9.17) is 9.72 Å². The fourth-order valence-corrected chi connectivity index (χ4v) is 5.93. The van der Waals surface area contributed by atoms with Crippen LogP contribution in [0.25, 0.3) is 10.2 Å². The Kier molecular flexibility index (Phi) is 6.06. The number of fused-ring (bicyclic) bond motifs is 1. The maximum atomic E-state index is 13.2. The minimum Gasteiger partial charge on any atom is -0.467 e. The lowest BCUT2D eigenvalue weighted by Crippen LogP contribution is -2.44. The van der Waals surface area contributed by atoms with E-state index in [1.54, 1.807) is 16.2 Å². The minimum absolute atomic E-state index is 0.0289. The van der Waals surface area contributed by atoms with Crippen molar-refractivity contribution in [3.8, 4) is 5.19 Å². The molecule has 5 rings (SSSR count). The molecule has 6 nitrogen and oxygen atoms in total. The Balaban J connectivity index is 1.18. The normalized spacial score (nSPS) is 19.3. The smallest absolute Gasteiger partial charge is 0.274 e. The predicted molar refractivity (Wildman–Crippen MR) is 136 cm³/mol. The summed E-state index contributed by atoms with van der Waals surface area (Å²) in [6, 6.07) is 10.3. The number of carbonyl (C=O) groups is 2. The van der Waals surface area contributed by atoms with Gasteiger partial charge in [-0.05, 0) is 62.1 Å². The minimum atomic E-state index is -0.276. The fraction of sp³-hybridized carbons (Fsp3) is 0.444. The quantitative estimate of drug-likeness (QED) is 0.533. The molecule has 3 aromatic rings. The molecule has 178 valence electrons. The molecule has 2 aliphatic heterocycles. The molecule has 1 atom stereocenters. The second kappa shape index (κ2) is 9.02. The third-order valence-corrected chi connectivity index (χ3v) is 8.30. The summed E-state index contributed by atoms with van der Waals surface area (Å²) in [5.41, 5.74) is 6.64. The van der Waals surface area contributed by atoms with Crippen molar-refractivity contribution >= 4 is 39.1 Å². The second-order valence-electron chi connectivity index (χ2n) is 9.67. The third-order valence-electron chi connectivity index (χ3n) is 7.22. The number of benzene rings is 2. The van der Waals surface area contributed by atoms with Crippen molar-refractivity contribution in [2.24, 2.45) is 5.92 Å². The summed E-state index contributed by atoms with van der Waals surface area (Å²) in [4.78, 5) is 34.3. The standard InChI is InChI=1S/C27H31N3O3S/c1-16-7-8-21(13-19(16)4)30-15-20(14-23(30)31)26(32)29-11-9-22(10-12-29)33-27-28-24-17(2)5-6-18(3)25(24)34-27/h5-8,13,20,22H,9-12,14-15H2,1-4H3. The van der Waals surface area contributed by atoms with Gasteiger partial charge in [0.1, 0.15) is 6.10 Å². The molecule has 0 bridgehead atoms. The van der Waals surface area contributed by atoms with Crippen LogP contribution in [0.2, 0.25) is 0 Å². The van der Waals surface area contributed by atoms with Crippen molar-refractivity contribution < 1.29 is 14.3 Å². The molecule has 0 aliphatic carbocycles. The largest absolute Gasteiger partial charge is 0.467 e. The topological polar surface area (TPSA) is 62.7 Å². The number of hydrogen-bond acceptors (Lipinski definition) is 5. The Hall–Kier alpha value is -2.93. The van der Waals surface area contributed by atoms with Crippen molar-refractivity contribution in [2.45, 2.75) is 53.1 Å². The van der Waals surface area contributed by atoms with Crippen LogP contribution in [-0.2, 0) is 9.59 Å². The number of ether oxygens (including phenoxy) is 1. The number of rotatable bonds is 4. The number of hydrogen-bond donors (Lipinski definition) is 0.